The molecule has 0 saturated heterocycles. The van der Waals surface area contributed by atoms with Crippen molar-refractivity contribution >= 4 is 16.4 Å². The highest BCUT2D eigenvalue weighted by molar-refractivity contribution is 8.25. The summed E-state index contributed by atoms with van der Waals surface area (Å²) < 4.78 is 66.4. The van der Waals surface area contributed by atoms with Crippen LogP contribution in [0.5, 0.6) is 11.5 Å². The largest absolute Gasteiger partial charge is 0.457 e. The second-order valence-electron chi connectivity index (χ2n) is 5.64. The number of carbonyl (C=O) groups is 1. The Bertz CT molecular complexity index is 956. The molecule has 1 heterocycles. The highest BCUT2D eigenvalue weighted by Gasteiger charge is 2.45. The lowest BCUT2D eigenvalue weighted by atomic mass is 10.0. The third kappa shape index (κ3) is 2.82. The number of hydrogen-bond acceptors (Lipinski definition) is 5. The molecule has 0 aromatic heterocycles. The smallest absolute Gasteiger partial charge is 0.268 e. The number of ether oxygens (including phenoxy) is 1. The molecule has 0 saturated carbocycles. The fraction of sp³-hybridized carbons (Fsp3) is 0.176. The molecule has 2 N–H and O–H groups in total. The van der Waals surface area contributed by atoms with Gasteiger partial charge in [0.2, 0.25) is 0 Å². The van der Waals surface area contributed by atoms with Gasteiger partial charge in [0.15, 0.2) is 5.78 Å². The van der Waals surface area contributed by atoms with Crippen molar-refractivity contribution in [3.8, 4) is 17.6 Å². The van der Waals surface area contributed by atoms with Gasteiger partial charge in [-0.05, 0) is 31.2 Å². The van der Waals surface area contributed by atoms with Gasteiger partial charge < -0.3 is 4.74 Å². The van der Waals surface area contributed by atoms with Crippen LogP contribution >= 0.6 is 10.6 Å². The van der Waals surface area contributed by atoms with E-state index in [0.29, 0.717) is 0 Å². The summed E-state index contributed by atoms with van der Waals surface area (Å²) >= 11 is 0. The lowest BCUT2D eigenvalue weighted by molar-refractivity contribution is 0.0977. The van der Waals surface area contributed by atoms with E-state index in [9.17, 15) is 27.1 Å². The van der Waals surface area contributed by atoms with E-state index in [1.54, 1.807) is 6.07 Å². The van der Waals surface area contributed by atoms with Gasteiger partial charge in [0, 0.05) is 6.07 Å². The van der Waals surface area contributed by atoms with Crippen LogP contribution in [0.15, 0.2) is 35.2 Å². The fourth-order valence-corrected chi connectivity index (χ4v) is 4.32. The number of hydrogen-bond donors (Lipinski definition) is 2. The summed E-state index contributed by atoms with van der Waals surface area (Å²) in [6, 6.07) is 6.92. The average Bonchev–Trinajstić information content (AvgIpc) is 2.74. The number of alkyl halides is 2. The Kier molecular flexibility index (Phi) is 4.44. The minimum Gasteiger partial charge on any atom is -0.457 e. The van der Waals surface area contributed by atoms with E-state index in [2.05, 4.69) is 0 Å². The maximum Gasteiger partial charge on any atom is 0.268 e. The van der Waals surface area contributed by atoms with Crippen molar-refractivity contribution in [2.75, 3.05) is 0 Å². The van der Waals surface area contributed by atoms with Crippen LogP contribution in [0.2, 0.25) is 0 Å². The second kappa shape index (κ2) is 6.32. The Morgan fingerprint density at radius 2 is 1.96 bits per heavy atom. The molecule has 26 heavy (non-hydrogen) atoms. The first-order valence-electron chi connectivity index (χ1n) is 7.31. The van der Waals surface area contributed by atoms with Crippen LogP contribution in [0.25, 0.3) is 0 Å². The molecule has 0 aliphatic carbocycles. The number of Topliss-reactive ketones (excluding diaryl/α,β-unsaturated/α-hetero) is 1. The van der Waals surface area contributed by atoms with Crippen LogP contribution in [0.3, 0.4) is 0 Å². The van der Waals surface area contributed by atoms with E-state index in [0.717, 1.165) is 30.3 Å². The summed E-state index contributed by atoms with van der Waals surface area (Å²) in [5.74, 6) is -2.24. The van der Waals surface area contributed by atoms with E-state index in [1.165, 1.54) is 6.92 Å². The van der Waals surface area contributed by atoms with E-state index in [4.69, 9.17) is 10.00 Å². The molecule has 0 spiro atoms. The van der Waals surface area contributed by atoms with E-state index in [1.807, 2.05) is 0 Å². The molecular weight excluding hydrogens is 371 g/mol. The van der Waals surface area contributed by atoms with Crippen molar-refractivity contribution in [1.29, 1.82) is 5.26 Å². The van der Waals surface area contributed by atoms with Gasteiger partial charge in [-0.1, -0.05) is 0 Å². The van der Waals surface area contributed by atoms with Crippen molar-refractivity contribution in [2.24, 2.45) is 0 Å². The monoisotopic (exact) mass is 383 g/mol. The van der Waals surface area contributed by atoms with Crippen LogP contribution in [0.4, 0.5) is 13.2 Å². The zero-order valence-corrected chi connectivity index (χ0v) is 14.1. The van der Waals surface area contributed by atoms with Crippen molar-refractivity contribution in [1.82, 2.24) is 0 Å². The summed E-state index contributed by atoms with van der Waals surface area (Å²) in [7, 11) is -3.54. The lowest BCUT2D eigenvalue weighted by Gasteiger charge is -2.31. The molecule has 0 bridgehead atoms. The van der Waals surface area contributed by atoms with Gasteiger partial charge in [-0.15, -0.1) is 0 Å². The fourth-order valence-electron chi connectivity index (χ4n) is 2.75. The Labute approximate surface area is 148 Å². The van der Waals surface area contributed by atoms with Crippen LogP contribution in [-0.4, -0.2) is 20.1 Å². The van der Waals surface area contributed by atoms with Crippen LogP contribution < -0.4 is 4.74 Å². The summed E-state index contributed by atoms with van der Waals surface area (Å²) in [5.41, 5.74) is -1.35. The third-order valence-electron chi connectivity index (χ3n) is 4.05. The minimum atomic E-state index is -3.54. The Morgan fingerprint density at radius 1 is 1.27 bits per heavy atom. The number of nitrogens with zero attached hydrogens (tertiary/aromatic N) is 1. The van der Waals surface area contributed by atoms with Gasteiger partial charge in [-0.25, -0.2) is 13.2 Å². The zero-order valence-electron chi connectivity index (χ0n) is 13.2. The molecule has 2 aromatic carbocycles. The topological polar surface area (TPSA) is 90.6 Å². The predicted molar refractivity (Wildman–Crippen MR) is 87.5 cm³/mol. The molecule has 5 nitrogen and oxygen atoms in total. The molecule has 2 aromatic rings. The molecular formula is C17H12F3NO4S. The van der Waals surface area contributed by atoms with Gasteiger partial charge >= 0.3 is 0 Å². The molecule has 9 heteroatoms. The van der Waals surface area contributed by atoms with Gasteiger partial charge in [-0.3, -0.25) is 13.9 Å². The van der Waals surface area contributed by atoms with Crippen molar-refractivity contribution in [3.63, 3.8) is 0 Å². The zero-order chi connectivity index (χ0) is 19.2. The summed E-state index contributed by atoms with van der Waals surface area (Å²) in [4.78, 5) is 12.1. The minimum absolute atomic E-state index is 0.0707. The quantitative estimate of drug-likeness (QED) is 0.768. The van der Waals surface area contributed by atoms with E-state index in [-0.39, 0.29) is 16.2 Å². The van der Waals surface area contributed by atoms with Crippen LogP contribution in [-0.2, 0) is 0 Å². The van der Waals surface area contributed by atoms with Crippen LogP contribution in [0.1, 0.15) is 34.8 Å². The van der Waals surface area contributed by atoms with E-state index < -0.39 is 50.7 Å². The first-order valence-corrected chi connectivity index (χ1v) is 8.92. The first-order chi connectivity index (χ1) is 12.2. The molecule has 1 aliphatic rings. The lowest BCUT2D eigenvalue weighted by Crippen LogP contribution is -2.16. The summed E-state index contributed by atoms with van der Waals surface area (Å²) in [6.07, 6.45) is -3.15. The highest BCUT2D eigenvalue weighted by atomic mass is 32.3. The SMILES string of the molecule is CC1C(=O)c2c(ccc(Oc3cc(F)cc(C#N)c3)c2C(F)F)S1(O)O. The maximum atomic E-state index is 13.6. The standard InChI is InChI=1S/C17H12F3NO4S/c1-8-16(22)15-13(26(8,23)24)3-2-12(14(15)17(19)20)25-11-5-9(7-21)4-10(18)6-11/h2-6,8,17,23-24H,1H3. The van der Waals surface area contributed by atoms with Crippen molar-refractivity contribution < 1.29 is 31.8 Å². The maximum absolute atomic E-state index is 13.6. The molecule has 3 rings (SSSR count). The number of ketones is 1. The number of rotatable bonds is 3. The molecule has 1 atom stereocenters. The van der Waals surface area contributed by atoms with Gasteiger partial charge in [0.25, 0.3) is 6.43 Å². The van der Waals surface area contributed by atoms with E-state index >= 15 is 0 Å². The van der Waals surface area contributed by atoms with Crippen molar-refractivity contribution in [3.05, 3.63) is 52.8 Å². The molecule has 136 valence electrons. The number of nitriles is 1. The summed E-state index contributed by atoms with van der Waals surface area (Å²) in [5, 5.41) is 7.61. The van der Waals surface area contributed by atoms with Crippen LogP contribution in [0, 0.1) is 17.1 Å². The Morgan fingerprint density at radius 3 is 2.58 bits per heavy atom. The number of carbonyl (C=O) groups excluding carboxylic acids is 1. The normalized spacial score (nSPS) is 19.2. The molecule has 1 aliphatic heterocycles. The van der Waals surface area contributed by atoms with Gasteiger partial charge in [-0.2, -0.15) is 15.9 Å². The average molecular weight is 383 g/mol. The number of fused-ring (bicyclic) bond motifs is 1. The summed E-state index contributed by atoms with van der Waals surface area (Å²) in [6.45, 7) is 1.25. The van der Waals surface area contributed by atoms with Gasteiger partial charge in [0.05, 0.1) is 27.7 Å². The number of halogens is 3. The van der Waals surface area contributed by atoms with Crippen molar-refractivity contribution in [2.45, 2.75) is 23.5 Å². The molecule has 1 unspecified atom stereocenters. The Hall–Kier alpha value is -2.54. The number of benzene rings is 2. The predicted octanol–water partition coefficient (Wildman–Crippen LogP) is 5.12. The first kappa shape index (κ1) is 18.3. The molecule has 0 amide bonds. The third-order valence-corrected chi connectivity index (χ3v) is 6.23. The Balaban J connectivity index is 2.15. The second-order valence-corrected chi connectivity index (χ2v) is 7.97. The van der Waals surface area contributed by atoms with Gasteiger partial charge in [0.1, 0.15) is 22.6 Å². The molecule has 0 radical (unpaired) electrons. The molecule has 0 fully saturated rings. The highest BCUT2D eigenvalue weighted by Crippen LogP contribution is 2.61.